The van der Waals surface area contributed by atoms with Gasteiger partial charge in [0.25, 0.3) is 5.91 Å². The first kappa shape index (κ1) is 15.2. The zero-order valence-corrected chi connectivity index (χ0v) is 13.3. The smallest absolute Gasteiger partial charge is 0.254 e. The molecule has 2 aromatic carbocycles. The third-order valence-electron chi connectivity index (χ3n) is 3.45. The summed E-state index contributed by atoms with van der Waals surface area (Å²) in [5.41, 5.74) is 1.48. The van der Waals surface area contributed by atoms with E-state index in [0.29, 0.717) is 10.7 Å². The first-order valence-corrected chi connectivity index (χ1v) is 7.93. The van der Waals surface area contributed by atoms with Crippen LogP contribution in [0.2, 0.25) is 5.02 Å². The number of aliphatic hydroxyl groups excluding tert-OH is 1. The van der Waals surface area contributed by atoms with Crippen molar-refractivity contribution in [1.82, 2.24) is 0 Å². The molecule has 0 radical (unpaired) electrons. The Kier molecular flexibility index (Phi) is 4.29. The average molecular weight is 336 g/mol. The van der Waals surface area contributed by atoms with E-state index in [0.717, 1.165) is 16.2 Å². The van der Waals surface area contributed by atoms with E-state index in [1.165, 1.54) is 11.8 Å². The largest absolute Gasteiger partial charge is 0.497 e. The number of hydrogen-bond donors (Lipinski definition) is 2. The van der Waals surface area contributed by atoms with Crippen LogP contribution in [0.3, 0.4) is 0 Å². The van der Waals surface area contributed by atoms with Gasteiger partial charge in [0.15, 0.2) is 0 Å². The summed E-state index contributed by atoms with van der Waals surface area (Å²) in [7, 11) is 1.59. The predicted octanol–water partition coefficient (Wildman–Crippen LogP) is 3.50. The molecular formula is C16H14ClNO3S. The van der Waals surface area contributed by atoms with Gasteiger partial charge in [0, 0.05) is 9.92 Å². The lowest BCUT2D eigenvalue weighted by Crippen LogP contribution is -2.30. The van der Waals surface area contributed by atoms with Crippen molar-refractivity contribution in [3.05, 3.63) is 53.1 Å². The van der Waals surface area contributed by atoms with Crippen LogP contribution in [0.4, 0.5) is 5.69 Å². The van der Waals surface area contributed by atoms with Gasteiger partial charge in [-0.3, -0.25) is 4.79 Å². The third-order valence-corrected chi connectivity index (χ3v) is 5.08. The summed E-state index contributed by atoms with van der Waals surface area (Å²) in [4.78, 5) is 13.0. The molecule has 0 spiro atoms. The molecule has 0 fully saturated rings. The van der Waals surface area contributed by atoms with Gasteiger partial charge in [-0.25, -0.2) is 0 Å². The van der Waals surface area contributed by atoms with Crippen molar-refractivity contribution in [2.75, 3.05) is 12.4 Å². The SMILES string of the molecule is COc1ccc([C@H]2Sc3ccc(Cl)cc3NC(=O)[C@H]2O)cc1. The van der Waals surface area contributed by atoms with Crippen molar-refractivity contribution in [2.45, 2.75) is 16.2 Å². The number of thioether (sulfide) groups is 1. The van der Waals surface area contributed by atoms with E-state index in [2.05, 4.69) is 5.32 Å². The number of methoxy groups -OCH3 is 1. The Morgan fingerprint density at radius 3 is 2.64 bits per heavy atom. The lowest BCUT2D eigenvalue weighted by Gasteiger charge is -2.19. The highest BCUT2D eigenvalue weighted by atomic mass is 35.5. The number of carbonyl (C=O) groups is 1. The van der Waals surface area contributed by atoms with Crippen LogP contribution in [0, 0.1) is 0 Å². The lowest BCUT2D eigenvalue weighted by molar-refractivity contribution is -0.124. The summed E-state index contributed by atoms with van der Waals surface area (Å²) < 4.78 is 5.14. The van der Waals surface area contributed by atoms with Crippen LogP contribution in [0.1, 0.15) is 10.8 Å². The molecule has 2 atom stereocenters. The van der Waals surface area contributed by atoms with E-state index in [-0.39, 0.29) is 0 Å². The summed E-state index contributed by atoms with van der Waals surface area (Å²) in [5.74, 6) is 0.294. The Labute approximate surface area is 137 Å². The van der Waals surface area contributed by atoms with Crippen LogP contribution in [0.25, 0.3) is 0 Å². The van der Waals surface area contributed by atoms with E-state index < -0.39 is 17.3 Å². The summed E-state index contributed by atoms with van der Waals surface area (Å²) in [6.07, 6.45) is -1.15. The molecule has 1 heterocycles. The van der Waals surface area contributed by atoms with Gasteiger partial charge >= 0.3 is 0 Å². The van der Waals surface area contributed by atoms with E-state index in [9.17, 15) is 9.90 Å². The minimum atomic E-state index is -1.15. The Balaban J connectivity index is 1.99. The second-order valence-corrected chi connectivity index (χ2v) is 6.51. The normalized spacial score (nSPS) is 20.8. The summed E-state index contributed by atoms with van der Waals surface area (Å²) in [6.45, 7) is 0. The number of nitrogens with one attached hydrogen (secondary N) is 1. The molecule has 0 saturated heterocycles. The maximum Gasteiger partial charge on any atom is 0.254 e. The van der Waals surface area contributed by atoms with Gasteiger partial charge < -0.3 is 15.2 Å². The standard InChI is InChI=1S/C16H14ClNO3S/c1-21-11-5-2-9(3-6-11)15-14(19)16(20)18-12-8-10(17)4-7-13(12)22-15/h2-8,14-15,19H,1H3,(H,18,20)/t14-,15+/m0/s1. The van der Waals surface area contributed by atoms with Gasteiger partial charge in [-0.05, 0) is 35.9 Å². The molecule has 2 aromatic rings. The van der Waals surface area contributed by atoms with E-state index >= 15 is 0 Å². The van der Waals surface area contributed by atoms with Crippen LogP contribution >= 0.6 is 23.4 Å². The number of halogens is 1. The quantitative estimate of drug-likeness (QED) is 0.882. The van der Waals surface area contributed by atoms with Crippen LogP contribution in [-0.2, 0) is 4.79 Å². The Morgan fingerprint density at radius 1 is 1.23 bits per heavy atom. The third kappa shape index (κ3) is 2.92. The molecule has 0 saturated carbocycles. The summed E-state index contributed by atoms with van der Waals surface area (Å²) in [5, 5.41) is 13.2. The van der Waals surface area contributed by atoms with Gasteiger partial charge in [0.2, 0.25) is 0 Å². The zero-order valence-electron chi connectivity index (χ0n) is 11.7. The molecule has 1 aliphatic rings. The molecule has 2 N–H and O–H groups in total. The molecule has 4 nitrogen and oxygen atoms in total. The van der Waals surface area contributed by atoms with Gasteiger partial charge in [-0.1, -0.05) is 23.7 Å². The first-order chi connectivity index (χ1) is 10.6. The van der Waals surface area contributed by atoms with Crippen LogP contribution < -0.4 is 10.1 Å². The van der Waals surface area contributed by atoms with Gasteiger partial charge in [0.05, 0.1) is 18.0 Å². The van der Waals surface area contributed by atoms with Crippen molar-refractivity contribution in [1.29, 1.82) is 0 Å². The average Bonchev–Trinajstić information content (AvgIpc) is 2.65. The minimum Gasteiger partial charge on any atom is -0.497 e. The molecule has 3 rings (SSSR count). The number of ether oxygens (including phenoxy) is 1. The monoisotopic (exact) mass is 335 g/mol. The number of carbonyl (C=O) groups excluding carboxylic acids is 1. The fraction of sp³-hybridized carbons (Fsp3) is 0.188. The van der Waals surface area contributed by atoms with E-state index in [1.807, 2.05) is 30.3 Å². The molecule has 114 valence electrons. The Hall–Kier alpha value is -1.69. The van der Waals surface area contributed by atoms with Gasteiger partial charge in [-0.15, -0.1) is 11.8 Å². The van der Waals surface area contributed by atoms with E-state index in [4.69, 9.17) is 16.3 Å². The molecular weight excluding hydrogens is 322 g/mol. The fourth-order valence-corrected chi connectivity index (χ4v) is 3.67. The lowest BCUT2D eigenvalue weighted by atomic mass is 10.1. The van der Waals surface area contributed by atoms with Crippen LogP contribution in [0.15, 0.2) is 47.4 Å². The van der Waals surface area contributed by atoms with Crippen LogP contribution in [-0.4, -0.2) is 24.2 Å². The highest BCUT2D eigenvalue weighted by Gasteiger charge is 2.32. The van der Waals surface area contributed by atoms with Crippen molar-refractivity contribution in [3.63, 3.8) is 0 Å². The van der Waals surface area contributed by atoms with E-state index in [1.54, 1.807) is 19.2 Å². The zero-order chi connectivity index (χ0) is 15.7. The first-order valence-electron chi connectivity index (χ1n) is 6.67. The number of anilines is 1. The minimum absolute atomic E-state index is 0.395. The van der Waals surface area contributed by atoms with Crippen molar-refractivity contribution in [3.8, 4) is 5.75 Å². The highest BCUT2D eigenvalue weighted by molar-refractivity contribution is 7.99. The van der Waals surface area contributed by atoms with Crippen molar-refractivity contribution in [2.24, 2.45) is 0 Å². The molecule has 22 heavy (non-hydrogen) atoms. The van der Waals surface area contributed by atoms with Crippen LogP contribution in [0.5, 0.6) is 5.75 Å². The maximum absolute atomic E-state index is 12.2. The molecule has 0 unspecified atom stereocenters. The number of aliphatic hydroxyl groups is 1. The highest BCUT2D eigenvalue weighted by Crippen LogP contribution is 2.44. The second-order valence-electron chi connectivity index (χ2n) is 4.89. The van der Waals surface area contributed by atoms with Gasteiger partial charge in [-0.2, -0.15) is 0 Å². The topological polar surface area (TPSA) is 58.6 Å². The number of benzene rings is 2. The van der Waals surface area contributed by atoms with Gasteiger partial charge in [0.1, 0.15) is 11.9 Å². The molecule has 0 aliphatic carbocycles. The number of hydrogen-bond acceptors (Lipinski definition) is 4. The summed E-state index contributed by atoms with van der Waals surface area (Å²) >= 11 is 7.40. The predicted molar refractivity (Wildman–Crippen MR) is 87.7 cm³/mol. The van der Waals surface area contributed by atoms with Crippen molar-refractivity contribution >= 4 is 35.0 Å². The second kappa shape index (κ2) is 6.20. The van der Waals surface area contributed by atoms with Crippen molar-refractivity contribution < 1.29 is 14.6 Å². The molecule has 0 bridgehead atoms. The molecule has 1 aliphatic heterocycles. The maximum atomic E-state index is 12.2. The Morgan fingerprint density at radius 2 is 1.95 bits per heavy atom. The Bertz CT molecular complexity index is 705. The molecule has 6 heteroatoms. The number of fused-ring (bicyclic) bond motifs is 1. The number of rotatable bonds is 2. The number of amides is 1. The molecule has 1 amide bonds. The summed E-state index contributed by atoms with van der Waals surface area (Å²) in [6, 6.07) is 12.6. The fourth-order valence-electron chi connectivity index (χ4n) is 2.29. The molecule has 0 aromatic heterocycles.